The molecule has 1 aromatic rings. The molecule has 1 heterocycles. The molecule has 5 heteroatoms. The molecule has 0 aliphatic carbocycles. The molecule has 0 aromatic carbocycles. The minimum Gasteiger partial charge on any atom is -0.481 e. The SMILES string of the molecule is CC(CNc1cccc(C#N)n1)CC(=O)O. The number of carbonyl (C=O) groups is 1. The van der Waals surface area contributed by atoms with E-state index in [9.17, 15) is 4.79 Å². The predicted octanol–water partition coefficient (Wildman–Crippen LogP) is 1.48. The number of nitriles is 1. The van der Waals surface area contributed by atoms with Gasteiger partial charge in [-0.25, -0.2) is 4.98 Å². The zero-order valence-corrected chi connectivity index (χ0v) is 8.97. The first kappa shape index (κ1) is 12.0. The smallest absolute Gasteiger partial charge is 0.303 e. The lowest BCUT2D eigenvalue weighted by atomic mass is 10.1. The summed E-state index contributed by atoms with van der Waals surface area (Å²) in [6, 6.07) is 7.04. The van der Waals surface area contributed by atoms with E-state index in [1.54, 1.807) is 18.2 Å². The Bertz CT molecular complexity index is 412. The maximum atomic E-state index is 10.4. The molecular weight excluding hydrogens is 206 g/mol. The fraction of sp³-hybridized carbons (Fsp3) is 0.364. The fourth-order valence-electron chi connectivity index (χ4n) is 1.24. The number of aromatic nitrogens is 1. The molecule has 16 heavy (non-hydrogen) atoms. The first-order valence-corrected chi connectivity index (χ1v) is 4.94. The minimum absolute atomic E-state index is 0.0186. The molecule has 0 saturated carbocycles. The maximum absolute atomic E-state index is 10.4. The van der Waals surface area contributed by atoms with Crippen molar-refractivity contribution in [2.24, 2.45) is 5.92 Å². The molecule has 2 N–H and O–H groups in total. The Balaban J connectivity index is 2.48. The van der Waals surface area contributed by atoms with Gasteiger partial charge < -0.3 is 10.4 Å². The Kier molecular flexibility index (Phi) is 4.28. The van der Waals surface area contributed by atoms with Gasteiger partial charge in [-0.2, -0.15) is 5.26 Å². The average molecular weight is 219 g/mol. The molecule has 0 aliphatic heterocycles. The van der Waals surface area contributed by atoms with Crippen molar-refractivity contribution in [2.45, 2.75) is 13.3 Å². The van der Waals surface area contributed by atoms with Crippen LogP contribution >= 0.6 is 0 Å². The monoisotopic (exact) mass is 219 g/mol. The molecule has 0 spiro atoms. The van der Waals surface area contributed by atoms with E-state index < -0.39 is 5.97 Å². The van der Waals surface area contributed by atoms with Gasteiger partial charge in [0.05, 0.1) is 0 Å². The zero-order chi connectivity index (χ0) is 12.0. The molecule has 0 radical (unpaired) electrons. The van der Waals surface area contributed by atoms with Crippen LogP contribution in [0.3, 0.4) is 0 Å². The Hall–Kier alpha value is -2.09. The number of carboxylic acids is 1. The van der Waals surface area contributed by atoms with E-state index in [0.717, 1.165) is 0 Å². The Morgan fingerprint density at radius 3 is 3.06 bits per heavy atom. The molecule has 1 aromatic heterocycles. The van der Waals surface area contributed by atoms with Crippen molar-refractivity contribution >= 4 is 11.8 Å². The Labute approximate surface area is 93.7 Å². The average Bonchev–Trinajstić information content (AvgIpc) is 2.26. The largest absolute Gasteiger partial charge is 0.481 e. The summed E-state index contributed by atoms with van der Waals surface area (Å²) in [7, 11) is 0. The zero-order valence-electron chi connectivity index (χ0n) is 8.97. The highest BCUT2D eigenvalue weighted by atomic mass is 16.4. The topological polar surface area (TPSA) is 86.0 Å². The van der Waals surface area contributed by atoms with Gasteiger partial charge in [0.25, 0.3) is 0 Å². The normalized spacial score (nSPS) is 11.5. The molecular formula is C11H13N3O2. The summed E-state index contributed by atoms with van der Waals surface area (Å²) in [4.78, 5) is 14.5. The minimum atomic E-state index is -0.812. The third kappa shape index (κ3) is 3.96. The summed E-state index contributed by atoms with van der Waals surface area (Å²) in [5, 5.41) is 20.2. The second-order valence-electron chi connectivity index (χ2n) is 3.60. The molecule has 0 aliphatic rings. The molecule has 5 nitrogen and oxygen atoms in total. The van der Waals surface area contributed by atoms with Crippen molar-refractivity contribution in [1.29, 1.82) is 5.26 Å². The first-order valence-electron chi connectivity index (χ1n) is 4.94. The lowest BCUT2D eigenvalue weighted by molar-refractivity contribution is -0.137. The molecule has 0 fully saturated rings. The van der Waals surface area contributed by atoms with E-state index in [-0.39, 0.29) is 12.3 Å². The second-order valence-corrected chi connectivity index (χ2v) is 3.60. The summed E-state index contributed by atoms with van der Waals surface area (Å²) in [5.74, 6) is -0.200. The van der Waals surface area contributed by atoms with E-state index in [2.05, 4.69) is 10.3 Å². The third-order valence-electron chi connectivity index (χ3n) is 2.02. The highest BCUT2D eigenvalue weighted by molar-refractivity contribution is 5.67. The van der Waals surface area contributed by atoms with Gasteiger partial charge in [-0.15, -0.1) is 0 Å². The predicted molar refractivity (Wildman–Crippen MR) is 58.9 cm³/mol. The van der Waals surface area contributed by atoms with Gasteiger partial charge in [0.1, 0.15) is 17.6 Å². The molecule has 84 valence electrons. The maximum Gasteiger partial charge on any atom is 0.303 e. The number of anilines is 1. The molecule has 0 bridgehead atoms. The number of hydrogen-bond acceptors (Lipinski definition) is 4. The van der Waals surface area contributed by atoms with Crippen molar-refractivity contribution in [3.63, 3.8) is 0 Å². The van der Waals surface area contributed by atoms with Crippen LogP contribution in [-0.4, -0.2) is 22.6 Å². The molecule has 1 rings (SSSR count). The number of nitrogens with one attached hydrogen (secondary N) is 1. The highest BCUT2D eigenvalue weighted by Gasteiger charge is 2.07. The van der Waals surface area contributed by atoms with E-state index in [1.807, 2.05) is 13.0 Å². The number of pyridine rings is 1. The summed E-state index contributed by atoms with van der Waals surface area (Å²) < 4.78 is 0. The van der Waals surface area contributed by atoms with Gasteiger partial charge >= 0.3 is 5.97 Å². The lowest BCUT2D eigenvalue weighted by Crippen LogP contribution is -2.15. The molecule has 0 amide bonds. The van der Waals surface area contributed by atoms with Crippen LogP contribution in [0.1, 0.15) is 19.0 Å². The summed E-state index contributed by atoms with van der Waals surface area (Å²) in [5.41, 5.74) is 0.343. The van der Waals surface area contributed by atoms with Crippen molar-refractivity contribution in [3.8, 4) is 6.07 Å². The summed E-state index contributed by atoms with van der Waals surface area (Å²) in [6.45, 7) is 2.36. The van der Waals surface area contributed by atoms with E-state index in [0.29, 0.717) is 18.1 Å². The van der Waals surface area contributed by atoms with Gasteiger partial charge in [0.15, 0.2) is 0 Å². The van der Waals surface area contributed by atoms with Crippen molar-refractivity contribution in [3.05, 3.63) is 23.9 Å². The quantitative estimate of drug-likeness (QED) is 0.783. The van der Waals surface area contributed by atoms with Gasteiger partial charge in [-0.05, 0) is 18.1 Å². The third-order valence-corrected chi connectivity index (χ3v) is 2.02. The lowest BCUT2D eigenvalue weighted by Gasteiger charge is -2.10. The van der Waals surface area contributed by atoms with Crippen LogP contribution in [0.4, 0.5) is 5.82 Å². The van der Waals surface area contributed by atoms with E-state index in [1.165, 1.54) is 0 Å². The number of aliphatic carboxylic acids is 1. The van der Waals surface area contributed by atoms with E-state index >= 15 is 0 Å². The molecule has 1 unspecified atom stereocenters. The van der Waals surface area contributed by atoms with Crippen LogP contribution in [0.5, 0.6) is 0 Å². The summed E-state index contributed by atoms with van der Waals surface area (Å²) in [6.07, 6.45) is 0.116. The van der Waals surface area contributed by atoms with Crippen LogP contribution in [0.25, 0.3) is 0 Å². The van der Waals surface area contributed by atoms with Crippen molar-refractivity contribution < 1.29 is 9.90 Å². The number of rotatable bonds is 5. The van der Waals surface area contributed by atoms with Crippen molar-refractivity contribution in [2.75, 3.05) is 11.9 Å². The van der Waals surface area contributed by atoms with Gasteiger partial charge in [-0.3, -0.25) is 4.79 Å². The number of carboxylic acid groups (broad SMARTS) is 1. The van der Waals surface area contributed by atoms with Crippen LogP contribution in [0.15, 0.2) is 18.2 Å². The number of hydrogen-bond donors (Lipinski definition) is 2. The second kappa shape index (κ2) is 5.71. The van der Waals surface area contributed by atoms with Crippen LogP contribution in [0.2, 0.25) is 0 Å². The fourth-order valence-corrected chi connectivity index (χ4v) is 1.24. The number of nitrogens with zero attached hydrogens (tertiary/aromatic N) is 2. The Morgan fingerprint density at radius 2 is 2.44 bits per heavy atom. The molecule has 0 saturated heterocycles. The van der Waals surface area contributed by atoms with Crippen LogP contribution in [0, 0.1) is 17.2 Å². The van der Waals surface area contributed by atoms with Crippen molar-refractivity contribution in [1.82, 2.24) is 4.98 Å². The van der Waals surface area contributed by atoms with E-state index in [4.69, 9.17) is 10.4 Å². The highest BCUT2D eigenvalue weighted by Crippen LogP contribution is 2.07. The Morgan fingerprint density at radius 1 is 1.69 bits per heavy atom. The van der Waals surface area contributed by atoms with Gasteiger partial charge in [0.2, 0.25) is 0 Å². The van der Waals surface area contributed by atoms with Gasteiger partial charge in [0, 0.05) is 13.0 Å². The summed E-state index contributed by atoms with van der Waals surface area (Å²) >= 11 is 0. The van der Waals surface area contributed by atoms with Gasteiger partial charge in [-0.1, -0.05) is 13.0 Å². The van der Waals surface area contributed by atoms with Crippen LogP contribution in [-0.2, 0) is 4.79 Å². The molecule has 1 atom stereocenters. The first-order chi connectivity index (χ1) is 7.61. The standard InChI is InChI=1S/C11H13N3O2/c1-8(5-11(15)16)7-13-10-4-2-3-9(6-12)14-10/h2-4,8H,5,7H2,1H3,(H,13,14)(H,15,16). The van der Waals surface area contributed by atoms with Crippen LogP contribution < -0.4 is 5.32 Å².